The fourth-order valence-corrected chi connectivity index (χ4v) is 2.85. The Hall–Kier alpha value is -0.570. The van der Waals surface area contributed by atoms with Crippen LogP contribution in [-0.4, -0.2) is 34.6 Å². The summed E-state index contributed by atoms with van der Waals surface area (Å²) in [6, 6.07) is 0.790. The number of carboxylic acids is 1. The molecule has 1 saturated heterocycles. The first-order valence-electron chi connectivity index (χ1n) is 6.60. The number of aliphatic carboxylic acids is 1. The number of unbranched alkanes of at least 4 members (excludes halogenated alkanes) is 1. The van der Waals surface area contributed by atoms with Crippen molar-refractivity contribution in [3.8, 4) is 0 Å². The van der Waals surface area contributed by atoms with Crippen molar-refractivity contribution in [2.45, 2.75) is 65.0 Å². The van der Waals surface area contributed by atoms with Crippen molar-refractivity contribution < 1.29 is 9.90 Å². The van der Waals surface area contributed by atoms with Crippen molar-refractivity contribution in [3.63, 3.8) is 0 Å². The molecule has 0 aromatic carbocycles. The number of hydrogen-bond acceptors (Lipinski definition) is 2. The van der Waals surface area contributed by atoms with E-state index < -0.39 is 5.97 Å². The molecule has 3 unspecified atom stereocenters. The van der Waals surface area contributed by atoms with Crippen LogP contribution in [0.2, 0.25) is 0 Å². The zero-order valence-electron chi connectivity index (χ0n) is 10.8. The Kier molecular flexibility index (Phi) is 5.26. The van der Waals surface area contributed by atoms with Crippen molar-refractivity contribution >= 4 is 5.97 Å². The number of nitrogens with zero attached hydrogens (tertiary/aromatic N) is 1. The molecule has 0 aliphatic carbocycles. The topological polar surface area (TPSA) is 40.5 Å². The van der Waals surface area contributed by atoms with Crippen molar-refractivity contribution in [2.24, 2.45) is 5.92 Å². The Morgan fingerprint density at radius 3 is 2.62 bits per heavy atom. The van der Waals surface area contributed by atoms with Gasteiger partial charge in [0.1, 0.15) is 0 Å². The fourth-order valence-electron chi connectivity index (χ4n) is 2.85. The van der Waals surface area contributed by atoms with Crippen LogP contribution in [-0.2, 0) is 4.79 Å². The summed E-state index contributed by atoms with van der Waals surface area (Å²) in [7, 11) is 0. The Morgan fingerprint density at radius 1 is 1.50 bits per heavy atom. The molecule has 1 rings (SSSR count). The third kappa shape index (κ3) is 2.97. The van der Waals surface area contributed by atoms with Gasteiger partial charge in [0.15, 0.2) is 0 Å². The van der Waals surface area contributed by atoms with E-state index in [1.54, 1.807) is 0 Å². The van der Waals surface area contributed by atoms with E-state index in [9.17, 15) is 4.79 Å². The van der Waals surface area contributed by atoms with Gasteiger partial charge in [0.25, 0.3) is 0 Å². The van der Waals surface area contributed by atoms with Crippen molar-refractivity contribution in [1.29, 1.82) is 0 Å². The quantitative estimate of drug-likeness (QED) is 0.758. The average molecular weight is 227 g/mol. The highest BCUT2D eigenvalue weighted by atomic mass is 16.4. The highest BCUT2D eigenvalue weighted by Crippen LogP contribution is 2.29. The molecular weight excluding hydrogens is 202 g/mol. The lowest BCUT2D eigenvalue weighted by molar-refractivity contribution is -0.142. The maximum absolute atomic E-state index is 11.1. The number of carboxylic acid groups (broad SMARTS) is 1. The minimum Gasteiger partial charge on any atom is -0.481 e. The maximum Gasteiger partial charge on any atom is 0.308 e. The van der Waals surface area contributed by atoms with Crippen LogP contribution in [0.15, 0.2) is 0 Å². The number of likely N-dealkylation sites (tertiary alicyclic amines) is 1. The van der Waals surface area contributed by atoms with Gasteiger partial charge in [-0.15, -0.1) is 0 Å². The van der Waals surface area contributed by atoms with Crippen LogP contribution in [0.1, 0.15) is 52.9 Å². The molecule has 1 fully saturated rings. The smallest absolute Gasteiger partial charge is 0.308 e. The normalized spacial score (nSPS) is 28.2. The van der Waals surface area contributed by atoms with E-state index in [0.29, 0.717) is 6.04 Å². The van der Waals surface area contributed by atoms with Crippen molar-refractivity contribution in [1.82, 2.24) is 4.90 Å². The van der Waals surface area contributed by atoms with E-state index in [0.717, 1.165) is 19.4 Å². The summed E-state index contributed by atoms with van der Waals surface area (Å²) in [5.74, 6) is -0.781. The number of hydrogen-bond donors (Lipinski definition) is 1. The van der Waals surface area contributed by atoms with Crippen LogP contribution in [0.4, 0.5) is 0 Å². The SMILES string of the molecule is CCCCC(CC)N1CCC(C(=O)O)C1C. The number of rotatable bonds is 6. The van der Waals surface area contributed by atoms with Crippen LogP contribution in [0.25, 0.3) is 0 Å². The second kappa shape index (κ2) is 6.24. The first kappa shape index (κ1) is 13.5. The third-order valence-electron chi connectivity index (χ3n) is 3.95. The van der Waals surface area contributed by atoms with Gasteiger partial charge < -0.3 is 5.11 Å². The largest absolute Gasteiger partial charge is 0.481 e. The molecule has 1 aliphatic rings. The summed E-state index contributed by atoms with van der Waals surface area (Å²) in [5, 5.41) is 9.11. The van der Waals surface area contributed by atoms with E-state index in [-0.39, 0.29) is 12.0 Å². The molecule has 16 heavy (non-hydrogen) atoms. The zero-order valence-corrected chi connectivity index (χ0v) is 10.8. The monoisotopic (exact) mass is 227 g/mol. The summed E-state index contributed by atoms with van der Waals surface area (Å²) in [4.78, 5) is 13.5. The average Bonchev–Trinajstić information content (AvgIpc) is 2.62. The predicted octanol–water partition coefficient (Wildman–Crippen LogP) is 2.75. The minimum atomic E-state index is -0.625. The van der Waals surface area contributed by atoms with Gasteiger partial charge in [0.05, 0.1) is 5.92 Å². The molecule has 1 N–H and O–H groups in total. The lowest BCUT2D eigenvalue weighted by Crippen LogP contribution is -2.40. The second-order valence-electron chi connectivity index (χ2n) is 4.92. The number of carbonyl (C=O) groups is 1. The van der Waals surface area contributed by atoms with E-state index in [1.807, 2.05) is 0 Å². The highest BCUT2D eigenvalue weighted by molar-refractivity contribution is 5.71. The van der Waals surface area contributed by atoms with Gasteiger partial charge in [-0.1, -0.05) is 26.7 Å². The second-order valence-corrected chi connectivity index (χ2v) is 4.92. The van der Waals surface area contributed by atoms with Crippen molar-refractivity contribution in [2.75, 3.05) is 6.54 Å². The first-order chi connectivity index (χ1) is 7.61. The summed E-state index contributed by atoms with van der Waals surface area (Å²) in [6.45, 7) is 7.45. The Bertz CT molecular complexity index is 230. The summed E-state index contributed by atoms with van der Waals surface area (Å²) >= 11 is 0. The van der Waals surface area contributed by atoms with Crippen LogP contribution in [0.3, 0.4) is 0 Å². The molecule has 94 valence electrons. The Labute approximate surface area is 98.8 Å². The van der Waals surface area contributed by atoms with Crippen LogP contribution in [0.5, 0.6) is 0 Å². The molecule has 3 nitrogen and oxygen atoms in total. The molecular formula is C13H25NO2. The van der Waals surface area contributed by atoms with Gasteiger partial charge in [-0.25, -0.2) is 0 Å². The zero-order chi connectivity index (χ0) is 12.1. The molecule has 0 saturated carbocycles. The molecule has 0 aromatic rings. The third-order valence-corrected chi connectivity index (χ3v) is 3.95. The van der Waals surface area contributed by atoms with E-state index in [2.05, 4.69) is 25.7 Å². The van der Waals surface area contributed by atoms with E-state index in [1.165, 1.54) is 19.3 Å². The molecule has 0 aromatic heterocycles. The molecule has 0 bridgehead atoms. The fraction of sp³-hybridized carbons (Fsp3) is 0.923. The Morgan fingerprint density at radius 2 is 2.19 bits per heavy atom. The molecule has 1 aliphatic heterocycles. The van der Waals surface area contributed by atoms with E-state index >= 15 is 0 Å². The molecule has 0 spiro atoms. The lowest BCUT2D eigenvalue weighted by Gasteiger charge is -2.31. The predicted molar refractivity (Wildman–Crippen MR) is 65.5 cm³/mol. The van der Waals surface area contributed by atoms with Crippen LogP contribution < -0.4 is 0 Å². The Balaban J connectivity index is 2.55. The molecule has 0 radical (unpaired) electrons. The van der Waals surface area contributed by atoms with Crippen LogP contribution in [0, 0.1) is 5.92 Å². The minimum absolute atomic E-state index is 0.157. The molecule has 1 heterocycles. The van der Waals surface area contributed by atoms with Gasteiger partial charge in [-0.2, -0.15) is 0 Å². The summed E-state index contributed by atoms with van der Waals surface area (Å²) in [5.41, 5.74) is 0. The molecule has 3 heteroatoms. The van der Waals surface area contributed by atoms with Gasteiger partial charge in [-0.05, 0) is 32.7 Å². The van der Waals surface area contributed by atoms with Crippen LogP contribution >= 0.6 is 0 Å². The van der Waals surface area contributed by atoms with Crippen molar-refractivity contribution in [3.05, 3.63) is 0 Å². The molecule has 0 amide bonds. The van der Waals surface area contributed by atoms with E-state index in [4.69, 9.17) is 5.11 Å². The summed E-state index contributed by atoms with van der Waals surface area (Å²) < 4.78 is 0. The standard InChI is InChI=1S/C13H25NO2/c1-4-6-7-11(5-2)14-9-8-12(10(14)3)13(15)16/h10-12H,4-9H2,1-3H3,(H,15,16). The van der Waals surface area contributed by atoms with Gasteiger partial charge >= 0.3 is 5.97 Å². The molecule has 3 atom stereocenters. The summed E-state index contributed by atoms with van der Waals surface area (Å²) in [6.07, 6.45) is 5.64. The van der Waals surface area contributed by atoms with Gasteiger partial charge in [0, 0.05) is 12.1 Å². The van der Waals surface area contributed by atoms with Gasteiger partial charge in [-0.3, -0.25) is 9.69 Å². The maximum atomic E-state index is 11.1. The lowest BCUT2D eigenvalue weighted by atomic mass is 10.0. The first-order valence-corrected chi connectivity index (χ1v) is 6.60. The van der Waals surface area contributed by atoms with Gasteiger partial charge in [0.2, 0.25) is 0 Å². The highest BCUT2D eigenvalue weighted by Gasteiger charge is 2.37.